The Labute approximate surface area is 101 Å². The van der Waals surface area contributed by atoms with Crippen molar-refractivity contribution in [3.05, 3.63) is 22.8 Å². The van der Waals surface area contributed by atoms with Crippen LogP contribution in [0.1, 0.15) is 21.5 Å². The molecule has 0 saturated carbocycles. The Bertz CT molecular complexity index is 413. The molecule has 0 aliphatic heterocycles. The van der Waals surface area contributed by atoms with Crippen molar-refractivity contribution in [2.45, 2.75) is 13.8 Å². The molecular formula is C12H16O3S. The van der Waals surface area contributed by atoms with E-state index in [9.17, 15) is 4.79 Å². The minimum Gasteiger partial charge on any atom is -0.496 e. The summed E-state index contributed by atoms with van der Waals surface area (Å²) in [4.78, 5) is 11.7. The van der Waals surface area contributed by atoms with E-state index in [1.807, 2.05) is 13.8 Å². The fourth-order valence-electron chi connectivity index (χ4n) is 1.63. The molecule has 1 aromatic carbocycles. The van der Waals surface area contributed by atoms with Gasteiger partial charge in [0.25, 0.3) is 0 Å². The molecule has 0 amide bonds. The number of ketones is 1. The summed E-state index contributed by atoms with van der Waals surface area (Å²) in [5, 5.41) is 0. The molecule has 88 valence electrons. The average Bonchev–Trinajstić information content (AvgIpc) is 2.31. The Hall–Kier alpha value is -1.16. The smallest absolute Gasteiger partial charge is 0.176 e. The highest BCUT2D eigenvalue weighted by Gasteiger charge is 2.17. The van der Waals surface area contributed by atoms with Gasteiger partial charge in [0.1, 0.15) is 11.5 Å². The third kappa shape index (κ3) is 2.16. The monoisotopic (exact) mass is 240 g/mol. The second kappa shape index (κ2) is 5.25. The third-order valence-electron chi connectivity index (χ3n) is 2.66. The molecule has 0 aromatic heterocycles. The molecule has 0 unspecified atom stereocenters. The molecule has 0 spiro atoms. The van der Waals surface area contributed by atoms with Gasteiger partial charge in [-0.05, 0) is 31.0 Å². The van der Waals surface area contributed by atoms with Crippen LogP contribution in [0.4, 0.5) is 0 Å². The molecular weight excluding hydrogens is 224 g/mol. The predicted octanol–water partition coefficient (Wildman–Crippen LogP) is 2.43. The van der Waals surface area contributed by atoms with E-state index in [1.54, 1.807) is 20.3 Å². The highest BCUT2D eigenvalue weighted by Crippen LogP contribution is 2.33. The van der Waals surface area contributed by atoms with Crippen molar-refractivity contribution in [1.29, 1.82) is 0 Å². The molecule has 3 nitrogen and oxygen atoms in total. The van der Waals surface area contributed by atoms with Crippen LogP contribution in [0.5, 0.6) is 11.5 Å². The number of benzene rings is 1. The number of hydrogen-bond donors (Lipinski definition) is 1. The number of carbonyl (C=O) groups excluding carboxylic acids is 1. The van der Waals surface area contributed by atoms with E-state index in [1.165, 1.54) is 0 Å². The fraction of sp³-hybridized carbons (Fsp3) is 0.417. The molecule has 0 atom stereocenters. The Balaban J connectivity index is 3.47. The van der Waals surface area contributed by atoms with Gasteiger partial charge >= 0.3 is 0 Å². The molecule has 16 heavy (non-hydrogen) atoms. The molecule has 0 N–H and O–H groups in total. The van der Waals surface area contributed by atoms with Crippen LogP contribution in [-0.2, 0) is 0 Å². The summed E-state index contributed by atoms with van der Waals surface area (Å²) in [5.74, 6) is 1.39. The topological polar surface area (TPSA) is 35.5 Å². The average molecular weight is 240 g/mol. The molecule has 1 aromatic rings. The molecule has 0 radical (unpaired) electrons. The van der Waals surface area contributed by atoms with E-state index in [0.29, 0.717) is 17.1 Å². The number of Topliss-reactive ketones (excluding diaryl/α,β-unsaturated/α-hetero) is 1. The van der Waals surface area contributed by atoms with E-state index in [0.717, 1.165) is 11.1 Å². The third-order valence-corrected chi connectivity index (χ3v) is 2.95. The predicted molar refractivity (Wildman–Crippen MR) is 67.2 cm³/mol. The maximum absolute atomic E-state index is 11.7. The first-order valence-corrected chi connectivity index (χ1v) is 5.56. The van der Waals surface area contributed by atoms with Crippen LogP contribution < -0.4 is 9.47 Å². The van der Waals surface area contributed by atoms with Crippen molar-refractivity contribution < 1.29 is 14.3 Å². The fourth-order valence-corrected chi connectivity index (χ4v) is 1.80. The van der Waals surface area contributed by atoms with Crippen molar-refractivity contribution >= 4 is 18.4 Å². The van der Waals surface area contributed by atoms with Gasteiger partial charge in [-0.2, -0.15) is 12.6 Å². The lowest BCUT2D eigenvalue weighted by Crippen LogP contribution is -2.07. The van der Waals surface area contributed by atoms with Gasteiger partial charge in [0.05, 0.1) is 25.5 Å². The van der Waals surface area contributed by atoms with E-state index in [4.69, 9.17) is 9.47 Å². The summed E-state index contributed by atoms with van der Waals surface area (Å²) in [7, 11) is 3.15. The van der Waals surface area contributed by atoms with Gasteiger partial charge in [0, 0.05) is 0 Å². The standard InChI is InChI=1S/C12H16O3S/c1-7-8(2)12(15-4)9(10(13)6-16)5-11(7)14-3/h5,16H,6H2,1-4H3. The van der Waals surface area contributed by atoms with E-state index in [2.05, 4.69) is 12.6 Å². The van der Waals surface area contributed by atoms with Gasteiger partial charge in [-0.25, -0.2) is 0 Å². The largest absolute Gasteiger partial charge is 0.496 e. The Morgan fingerprint density at radius 2 is 1.88 bits per heavy atom. The second-order valence-corrected chi connectivity index (χ2v) is 3.81. The highest BCUT2D eigenvalue weighted by atomic mass is 32.1. The van der Waals surface area contributed by atoms with Crippen molar-refractivity contribution in [2.24, 2.45) is 0 Å². The molecule has 0 fully saturated rings. The first-order chi connectivity index (χ1) is 7.56. The number of rotatable bonds is 4. The normalized spacial score (nSPS) is 10.1. The summed E-state index contributed by atoms with van der Waals surface area (Å²) < 4.78 is 10.5. The number of ether oxygens (including phenoxy) is 2. The molecule has 4 heteroatoms. The zero-order valence-electron chi connectivity index (χ0n) is 9.96. The summed E-state index contributed by atoms with van der Waals surface area (Å²) >= 11 is 3.99. The van der Waals surface area contributed by atoms with E-state index in [-0.39, 0.29) is 11.5 Å². The van der Waals surface area contributed by atoms with Gasteiger partial charge in [0.15, 0.2) is 5.78 Å². The summed E-state index contributed by atoms with van der Waals surface area (Å²) in [6.45, 7) is 3.84. The van der Waals surface area contributed by atoms with Gasteiger partial charge < -0.3 is 9.47 Å². The Kier molecular flexibility index (Phi) is 4.24. The van der Waals surface area contributed by atoms with Crippen molar-refractivity contribution in [3.8, 4) is 11.5 Å². The van der Waals surface area contributed by atoms with Crippen LogP contribution in [0.3, 0.4) is 0 Å². The zero-order valence-corrected chi connectivity index (χ0v) is 10.9. The minimum atomic E-state index is -0.0680. The van der Waals surface area contributed by atoms with E-state index >= 15 is 0 Å². The summed E-state index contributed by atoms with van der Waals surface area (Å²) in [5.41, 5.74) is 2.43. The molecule has 0 aliphatic carbocycles. The first kappa shape index (κ1) is 12.9. The SMILES string of the molecule is COc1cc(C(=O)CS)c(OC)c(C)c1C. The maximum Gasteiger partial charge on any atom is 0.176 e. The number of carbonyl (C=O) groups is 1. The Morgan fingerprint density at radius 3 is 2.31 bits per heavy atom. The van der Waals surface area contributed by atoms with E-state index < -0.39 is 0 Å². The van der Waals surface area contributed by atoms with Crippen LogP contribution in [0, 0.1) is 13.8 Å². The van der Waals surface area contributed by atoms with Crippen molar-refractivity contribution in [3.63, 3.8) is 0 Å². The van der Waals surface area contributed by atoms with Gasteiger partial charge in [-0.15, -0.1) is 0 Å². The lowest BCUT2D eigenvalue weighted by atomic mass is 10.0. The lowest BCUT2D eigenvalue weighted by Gasteiger charge is -2.15. The van der Waals surface area contributed by atoms with Crippen LogP contribution in [-0.4, -0.2) is 25.8 Å². The van der Waals surface area contributed by atoms with Crippen molar-refractivity contribution in [1.82, 2.24) is 0 Å². The molecule has 1 rings (SSSR count). The van der Waals surface area contributed by atoms with Crippen LogP contribution >= 0.6 is 12.6 Å². The number of methoxy groups -OCH3 is 2. The highest BCUT2D eigenvalue weighted by molar-refractivity contribution is 7.81. The molecule has 0 bridgehead atoms. The zero-order chi connectivity index (χ0) is 12.3. The maximum atomic E-state index is 11.7. The molecule has 0 heterocycles. The first-order valence-electron chi connectivity index (χ1n) is 4.93. The van der Waals surface area contributed by atoms with Crippen LogP contribution in [0.25, 0.3) is 0 Å². The van der Waals surface area contributed by atoms with Crippen LogP contribution in [0.2, 0.25) is 0 Å². The van der Waals surface area contributed by atoms with Crippen molar-refractivity contribution in [2.75, 3.05) is 20.0 Å². The molecule has 0 saturated heterocycles. The van der Waals surface area contributed by atoms with Gasteiger partial charge in [-0.1, -0.05) is 0 Å². The quantitative estimate of drug-likeness (QED) is 0.648. The number of thiol groups is 1. The summed E-state index contributed by atoms with van der Waals surface area (Å²) in [6.07, 6.45) is 0. The van der Waals surface area contributed by atoms with Gasteiger partial charge in [0.2, 0.25) is 0 Å². The lowest BCUT2D eigenvalue weighted by molar-refractivity contribution is 0.101. The Morgan fingerprint density at radius 1 is 1.25 bits per heavy atom. The van der Waals surface area contributed by atoms with Gasteiger partial charge in [-0.3, -0.25) is 4.79 Å². The molecule has 0 aliphatic rings. The van der Waals surface area contributed by atoms with Crippen LogP contribution in [0.15, 0.2) is 6.07 Å². The second-order valence-electron chi connectivity index (χ2n) is 3.49. The number of hydrogen-bond acceptors (Lipinski definition) is 4. The minimum absolute atomic E-state index is 0.0680. The summed E-state index contributed by atoms with van der Waals surface area (Å²) in [6, 6.07) is 1.71.